The predicted molar refractivity (Wildman–Crippen MR) is 83.0 cm³/mol. The van der Waals surface area contributed by atoms with E-state index >= 15 is 0 Å². The molecule has 2 aromatic heterocycles. The summed E-state index contributed by atoms with van der Waals surface area (Å²) in [7, 11) is 1.70. The molecule has 0 atom stereocenters. The lowest BCUT2D eigenvalue weighted by Crippen LogP contribution is -2.19. The van der Waals surface area contributed by atoms with Crippen molar-refractivity contribution < 1.29 is 4.74 Å². The summed E-state index contributed by atoms with van der Waals surface area (Å²) in [6, 6.07) is 10.6. The van der Waals surface area contributed by atoms with Gasteiger partial charge < -0.3 is 15.0 Å². The van der Waals surface area contributed by atoms with Crippen LogP contribution in [0.15, 0.2) is 36.5 Å². The van der Waals surface area contributed by atoms with E-state index in [2.05, 4.69) is 45.6 Å². The van der Waals surface area contributed by atoms with Crippen molar-refractivity contribution in [3.05, 3.63) is 42.4 Å². The molecular formula is C15H17N3OS. The fourth-order valence-corrected chi connectivity index (χ4v) is 3.10. The monoisotopic (exact) mass is 287 g/mol. The summed E-state index contributed by atoms with van der Waals surface area (Å²) < 4.78 is 6.30. The number of rotatable bonds is 6. The topological polar surface area (TPSA) is 49.9 Å². The van der Waals surface area contributed by atoms with E-state index in [1.54, 1.807) is 18.4 Å². The van der Waals surface area contributed by atoms with Gasteiger partial charge in [-0.3, -0.25) is 0 Å². The summed E-state index contributed by atoms with van der Waals surface area (Å²) in [5, 5.41) is 4.56. The van der Waals surface area contributed by atoms with Crippen LogP contribution in [0.3, 0.4) is 0 Å². The molecule has 0 saturated carbocycles. The van der Waals surface area contributed by atoms with Crippen LogP contribution >= 0.6 is 11.3 Å². The van der Waals surface area contributed by atoms with Gasteiger partial charge in [-0.05, 0) is 17.5 Å². The van der Waals surface area contributed by atoms with E-state index in [9.17, 15) is 0 Å². The maximum atomic E-state index is 5.00. The lowest BCUT2D eigenvalue weighted by Gasteiger charge is -2.00. The minimum absolute atomic E-state index is 0.712. The van der Waals surface area contributed by atoms with Crippen LogP contribution in [-0.4, -0.2) is 30.2 Å². The number of nitrogens with one attached hydrogen (secondary N) is 2. The Labute approximate surface area is 121 Å². The fraction of sp³-hybridized carbons (Fsp3) is 0.267. The van der Waals surface area contributed by atoms with Crippen LogP contribution in [0, 0.1) is 0 Å². The number of aromatic nitrogens is 2. The standard InChI is InChI=1S/C15H17N3OS/c1-19-7-6-16-10-15-17-9-12(18-15)14-8-11-4-2-3-5-13(11)20-14/h2-5,8-9,16H,6-7,10H2,1H3,(H,17,18). The Kier molecular flexibility index (Phi) is 4.11. The van der Waals surface area contributed by atoms with Crippen molar-refractivity contribution in [2.75, 3.05) is 20.3 Å². The zero-order chi connectivity index (χ0) is 13.8. The molecular weight excluding hydrogens is 270 g/mol. The molecule has 0 bridgehead atoms. The van der Waals surface area contributed by atoms with Gasteiger partial charge in [0.05, 0.1) is 29.9 Å². The van der Waals surface area contributed by atoms with Crippen LogP contribution in [0.2, 0.25) is 0 Å². The number of methoxy groups -OCH3 is 1. The first-order valence-corrected chi connectivity index (χ1v) is 7.41. The largest absolute Gasteiger partial charge is 0.383 e. The number of benzene rings is 1. The lowest BCUT2D eigenvalue weighted by atomic mass is 10.2. The number of nitrogens with zero attached hydrogens (tertiary/aromatic N) is 1. The van der Waals surface area contributed by atoms with Crippen molar-refractivity contribution in [2.45, 2.75) is 6.54 Å². The van der Waals surface area contributed by atoms with Gasteiger partial charge in [-0.25, -0.2) is 4.98 Å². The van der Waals surface area contributed by atoms with E-state index in [-0.39, 0.29) is 0 Å². The Hall–Kier alpha value is -1.69. The number of H-pyrrole nitrogens is 1. The van der Waals surface area contributed by atoms with Crippen molar-refractivity contribution in [3.63, 3.8) is 0 Å². The second-order valence-corrected chi connectivity index (χ2v) is 5.65. The SMILES string of the molecule is COCCNCc1ncc(-c2cc3ccccc3s2)[nH]1. The van der Waals surface area contributed by atoms with E-state index in [1.807, 2.05) is 6.20 Å². The normalized spacial score (nSPS) is 11.2. The minimum Gasteiger partial charge on any atom is -0.383 e. The number of imidazole rings is 1. The molecule has 20 heavy (non-hydrogen) atoms. The average Bonchev–Trinajstić information content (AvgIpc) is 3.09. The van der Waals surface area contributed by atoms with Gasteiger partial charge in [0.1, 0.15) is 5.82 Å². The molecule has 2 N–H and O–H groups in total. The smallest absolute Gasteiger partial charge is 0.120 e. The van der Waals surface area contributed by atoms with Gasteiger partial charge in [0.15, 0.2) is 0 Å². The highest BCUT2D eigenvalue weighted by molar-refractivity contribution is 7.22. The van der Waals surface area contributed by atoms with Gasteiger partial charge >= 0.3 is 0 Å². The summed E-state index contributed by atoms with van der Waals surface area (Å²) >= 11 is 1.78. The van der Waals surface area contributed by atoms with Crippen LogP contribution in [-0.2, 0) is 11.3 Å². The maximum Gasteiger partial charge on any atom is 0.120 e. The zero-order valence-electron chi connectivity index (χ0n) is 11.3. The number of fused-ring (bicyclic) bond motifs is 1. The highest BCUT2D eigenvalue weighted by Crippen LogP contribution is 2.32. The molecule has 3 aromatic rings. The maximum absolute atomic E-state index is 5.00. The van der Waals surface area contributed by atoms with Gasteiger partial charge in [-0.15, -0.1) is 11.3 Å². The summed E-state index contributed by atoms with van der Waals surface area (Å²) in [6.07, 6.45) is 1.90. The summed E-state index contributed by atoms with van der Waals surface area (Å²) in [6.45, 7) is 2.27. The van der Waals surface area contributed by atoms with Gasteiger partial charge in [0.2, 0.25) is 0 Å². The van der Waals surface area contributed by atoms with E-state index in [0.717, 1.165) is 24.6 Å². The molecule has 1 aromatic carbocycles. The van der Waals surface area contributed by atoms with Gasteiger partial charge in [0.25, 0.3) is 0 Å². The lowest BCUT2D eigenvalue weighted by molar-refractivity contribution is 0.199. The third-order valence-electron chi connectivity index (χ3n) is 3.09. The van der Waals surface area contributed by atoms with Crippen molar-refractivity contribution in [3.8, 4) is 10.6 Å². The average molecular weight is 287 g/mol. The summed E-state index contributed by atoms with van der Waals surface area (Å²) in [5.74, 6) is 0.952. The van der Waals surface area contributed by atoms with E-state index < -0.39 is 0 Å². The van der Waals surface area contributed by atoms with E-state index in [1.165, 1.54) is 15.0 Å². The number of aromatic amines is 1. The third-order valence-corrected chi connectivity index (χ3v) is 4.24. The van der Waals surface area contributed by atoms with Crippen molar-refractivity contribution in [2.24, 2.45) is 0 Å². The summed E-state index contributed by atoms with van der Waals surface area (Å²) in [4.78, 5) is 9.00. The van der Waals surface area contributed by atoms with Gasteiger partial charge in [0, 0.05) is 18.4 Å². The van der Waals surface area contributed by atoms with Crippen LogP contribution in [0.1, 0.15) is 5.82 Å². The second-order valence-electron chi connectivity index (χ2n) is 4.56. The Balaban J connectivity index is 1.72. The molecule has 0 aliphatic heterocycles. The van der Waals surface area contributed by atoms with Crippen molar-refractivity contribution in [1.82, 2.24) is 15.3 Å². The molecule has 3 rings (SSSR count). The fourth-order valence-electron chi connectivity index (χ4n) is 2.07. The first kappa shape index (κ1) is 13.3. The Morgan fingerprint density at radius 1 is 1.35 bits per heavy atom. The first-order chi connectivity index (χ1) is 9.86. The molecule has 4 nitrogen and oxygen atoms in total. The third kappa shape index (κ3) is 2.90. The van der Waals surface area contributed by atoms with Crippen molar-refractivity contribution in [1.29, 1.82) is 0 Å². The van der Waals surface area contributed by atoms with Crippen molar-refractivity contribution >= 4 is 21.4 Å². The summed E-state index contributed by atoms with van der Waals surface area (Å²) in [5.41, 5.74) is 1.08. The van der Waals surface area contributed by atoms with Gasteiger partial charge in [-0.2, -0.15) is 0 Å². The molecule has 104 valence electrons. The second kappa shape index (κ2) is 6.17. The molecule has 5 heteroatoms. The molecule has 0 aliphatic carbocycles. The predicted octanol–water partition coefficient (Wildman–Crippen LogP) is 3.03. The number of hydrogen-bond acceptors (Lipinski definition) is 4. The zero-order valence-corrected chi connectivity index (χ0v) is 12.2. The number of ether oxygens (including phenoxy) is 1. The van der Waals surface area contributed by atoms with Crippen LogP contribution in [0.25, 0.3) is 20.7 Å². The van der Waals surface area contributed by atoms with Crippen LogP contribution < -0.4 is 5.32 Å². The Morgan fingerprint density at radius 2 is 2.25 bits per heavy atom. The quantitative estimate of drug-likeness (QED) is 0.685. The van der Waals surface area contributed by atoms with E-state index in [4.69, 9.17) is 4.74 Å². The molecule has 0 fully saturated rings. The molecule has 0 aliphatic rings. The van der Waals surface area contributed by atoms with Crippen LogP contribution in [0.4, 0.5) is 0 Å². The number of thiophene rings is 1. The number of hydrogen-bond donors (Lipinski definition) is 2. The van der Waals surface area contributed by atoms with Gasteiger partial charge in [-0.1, -0.05) is 18.2 Å². The first-order valence-electron chi connectivity index (χ1n) is 6.59. The molecule has 0 unspecified atom stereocenters. The van der Waals surface area contributed by atoms with E-state index in [0.29, 0.717) is 6.61 Å². The molecule has 2 heterocycles. The molecule has 0 amide bonds. The molecule has 0 spiro atoms. The molecule has 0 radical (unpaired) electrons. The highest BCUT2D eigenvalue weighted by Gasteiger charge is 2.07. The minimum atomic E-state index is 0.712. The highest BCUT2D eigenvalue weighted by atomic mass is 32.1. The molecule has 0 saturated heterocycles. The Bertz CT molecular complexity index is 656. The Morgan fingerprint density at radius 3 is 3.10 bits per heavy atom. The van der Waals surface area contributed by atoms with Crippen LogP contribution in [0.5, 0.6) is 0 Å².